The monoisotopic (exact) mass is 276 g/mol. The van der Waals surface area contributed by atoms with Crippen LogP contribution in [0, 0.1) is 0 Å². The molecule has 4 N–H and O–H groups in total. The summed E-state index contributed by atoms with van der Waals surface area (Å²) in [6.07, 6.45) is 0.691. The molecule has 5 heteroatoms. The number of likely N-dealkylation sites (tertiary alicyclic amines) is 1. The Hall–Kier alpha value is -0.610. The van der Waals surface area contributed by atoms with Crippen molar-refractivity contribution < 1.29 is 40.2 Å². The molecule has 96 valence electrons. The van der Waals surface area contributed by atoms with E-state index in [4.69, 9.17) is 0 Å². The lowest BCUT2D eigenvalue weighted by molar-refractivity contribution is -0.923. The first kappa shape index (κ1) is 16.4. The Labute approximate surface area is 114 Å². The zero-order valence-corrected chi connectivity index (χ0v) is 11.2. The summed E-state index contributed by atoms with van der Waals surface area (Å²) < 4.78 is 0. The van der Waals surface area contributed by atoms with E-state index < -0.39 is 0 Å². The zero-order valence-electron chi connectivity index (χ0n) is 9.66. The Morgan fingerprint density at radius 1 is 1.24 bits per heavy atom. The Balaban J connectivity index is 0.00000128. The van der Waals surface area contributed by atoms with Crippen LogP contribution in [0.5, 0.6) is 0 Å². The molecule has 1 aromatic rings. The smallest absolute Gasteiger partial charge is 0.201 e. The standard InChI is InChI=1S/C12H16N2O.2ClH/c13-11-9-14(7-6-12(11)15)8-10-4-2-1-3-5-10;;/h1-5,11H,6-9,13H2;2*1H. The van der Waals surface area contributed by atoms with Gasteiger partial charge in [0, 0.05) is 5.56 Å². The van der Waals surface area contributed by atoms with Gasteiger partial charge in [-0.1, -0.05) is 30.3 Å². The molecule has 1 fully saturated rings. The second-order valence-corrected chi connectivity index (χ2v) is 4.28. The summed E-state index contributed by atoms with van der Waals surface area (Å²) in [5.74, 6) is 0.326. The fourth-order valence-electron chi connectivity index (χ4n) is 2.11. The van der Waals surface area contributed by atoms with Crippen molar-refractivity contribution in [1.82, 2.24) is 0 Å². The number of carbonyl (C=O) groups excluding carboxylic acids is 1. The van der Waals surface area contributed by atoms with Crippen LogP contribution in [0.1, 0.15) is 12.0 Å². The van der Waals surface area contributed by atoms with Crippen molar-refractivity contribution in [2.45, 2.75) is 19.0 Å². The summed E-state index contributed by atoms with van der Waals surface area (Å²) >= 11 is 0. The first-order chi connectivity index (χ1) is 7.25. The van der Waals surface area contributed by atoms with Crippen molar-refractivity contribution in [1.29, 1.82) is 0 Å². The Kier molecular flexibility index (Phi) is 7.39. The molecule has 2 unspecified atom stereocenters. The van der Waals surface area contributed by atoms with Gasteiger partial charge in [0.1, 0.15) is 13.1 Å². The van der Waals surface area contributed by atoms with Crippen LogP contribution in [0.4, 0.5) is 0 Å². The van der Waals surface area contributed by atoms with Gasteiger partial charge in [0.15, 0.2) is 6.04 Å². The summed E-state index contributed by atoms with van der Waals surface area (Å²) in [6, 6.07) is 10.4. The minimum Gasteiger partial charge on any atom is -1.00 e. The van der Waals surface area contributed by atoms with Gasteiger partial charge in [-0.3, -0.25) is 4.79 Å². The third-order valence-corrected chi connectivity index (χ3v) is 3.01. The molecule has 2 atom stereocenters. The second-order valence-electron chi connectivity index (χ2n) is 4.28. The quantitative estimate of drug-likeness (QED) is 0.554. The third kappa shape index (κ3) is 4.64. The lowest BCUT2D eigenvalue weighted by atomic mass is 10.0. The van der Waals surface area contributed by atoms with Crippen LogP contribution in [-0.4, -0.2) is 24.9 Å². The average Bonchev–Trinajstić information content (AvgIpc) is 2.25. The number of Topliss-reactive ketones (excluding diaryl/α,β-unsaturated/α-hetero) is 1. The van der Waals surface area contributed by atoms with Gasteiger partial charge < -0.3 is 35.4 Å². The van der Waals surface area contributed by atoms with E-state index in [1.54, 1.807) is 0 Å². The van der Waals surface area contributed by atoms with Crippen molar-refractivity contribution >= 4 is 5.78 Å². The molecule has 0 aromatic heterocycles. The number of hydrogen-bond acceptors (Lipinski definition) is 1. The van der Waals surface area contributed by atoms with E-state index in [2.05, 4.69) is 30.0 Å². The van der Waals surface area contributed by atoms with E-state index in [-0.39, 0.29) is 30.9 Å². The summed E-state index contributed by atoms with van der Waals surface area (Å²) in [5, 5.41) is 0. The molecular formula is C12H18Cl2N2O. The van der Waals surface area contributed by atoms with Crippen molar-refractivity contribution in [3.8, 4) is 0 Å². The van der Waals surface area contributed by atoms with Crippen LogP contribution >= 0.6 is 0 Å². The van der Waals surface area contributed by atoms with Gasteiger partial charge in [0.05, 0.1) is 13.0 Å². The van der Waals surface area contributed by atoms with E-state index in [1.807, 2.05) is 6.07 Å². The predicted octanol–water partition coefficient (Wildman–Crippen LogP) is -7.34. The molecule has 0 saturated carbocycles. The number of benzene rings is 1. The van der Waals surface area contributed by atoms with Gasteiger partial charge in [0.25, 0.3) is 0 Å². The number of carbonyl (C=O) groups is 1. The van der Waals surface area contributed by atoms with Gasteiger partial charge in [-0.15, -0.1) is 0 Å². The van der Waals surface area contributed by atoms with Gasteiger partial charge in [-0.05, 0) is 0 Å². The van der Waals surface area contributed by atoms with Crippen LogP contribution in [0.15, 0.2) is 30.3 Å². The number of nitrogens with one attached hydrogen (secondary N) is 1. The third-order valence-electron chi connectivity index (χ3n) is 3.01. The molecular weight excluding hydrogens is 259 g/mol. The highest BCUT2D eigenvalue weighted by Gasteiger charge is 2.29. The van der Waals surface area contributed by atoms with E-state index in [1.165, 1.54) is 10.5 Å². The molecule has 2 rings (SSSR count). The van der Waals surface area contributed by atoms with Gasteiger partial charge >= 0.3 is 0 Å². The fourth-order valence-corrected chi connectivity index (χ4v) is 2.11. The van der Waals surface area contributed by atoms with Crippen LogP contribution in [0.2, 0.25) is 0 Å². The zero-order chi connectivity index (χ0) is 10.7. The van der Waals surface area contributed by atoms with Crippen molar-refractivity contribution in [2.24, 2.45) is 0 Å². The number of ketones is 1. The first-order valence-electron chi connectivity index (χ1n) is 5.49. The Bertz CT molecular complexity index is 346. The normalized spacial score (nSPS) is 23.5. The van der Waals surface area contributed by atoms with Crippen LogP contribution < -0.4 is 35.4 Å². The predicted molar refractivity (Wildman–Crippen MR) is 57.1 cm³/mol. The minimum absolute atomic E-state index is 0. The summed E-state index contributed by atoms with van der Waals surface area (Å²) in [4.78, 5) is 12.8. The van der Waals surface area contributed by atoms with Gasteiger partial charge in [-0.2, -0.15) is 0 Å². The number of rotatable bonds is 2. The molecule has 1 saturated heterocycles. The topological polar surface area (TPSA) is 49.1 Å². The summed E-state index contributed by atoms with van der Waals surface area (Å²) in [7, 11) is 0. The van der Waals surface area contributed by atoms with Gasteiger partial charge in [0.2, 0.25) is 5.78 Å². The molecule has 1 aliphatic rings. The molecule has 0 radical (unpaired) electrons. The first-order valence-corrected chi connectivity index (χ1v) is 5.49. The molecule has 0 bridgehead atoms. The highest BCUT2D eigenvalue weighted by atomic mass is 35.5. The highest BCUT2D eigenvalue weighted by molar-refractivity contribution is 5.83. The van der Waals surface area contributed by atoms with Crippen LogP contribution in [-0.2, 0) is 11.3 Å². The fraction of sp³-hybridized carbons (Fsp3) is 0.417. The molecule has 1 aliphatic heterocycles. The molecule has 17 heavy (non-hydrogen) atoms. The van der Waals surface area contributed by atoms with E-state index in [9.17, 15) is 4.79 Å². The van der Waals surface area contributed by atoms with Crippen LogP contribution in [0.25, 0.3) is 0 Å². The van der Waals surface area contributed by atoms with E-state index in [0.29, 0.717) is 12.2 Å². The van der Waals surface area contributed by atoms with Crippen molar-refractivity contribution in [2.75, 3.05) is 13.1 Å². The lowest BCUT2D eigenvalue weighted by Crippen LogP contribution is -3.15. The summed E-state index contributed by atoms with van der Waals surface area (Å²) in [6.45, 7) is 2.85. The SMILES string of the molecule is [Cl-].[Cl-].[NH3+]C1C[NH+](Cc2ccccc2)CCC1=O. The maximum atomic E-state index is 11.3. The van der Waals surface area contributed by atoms with Gasteiger partial charge in [-0.25, -0.2) is 0 Å². The Morgan fingerprint density at radius 3 is 2.47 bits per heavy atom. The minimum atomic E-state index is -0.00235. The number of quaternary nitrogens is 2. The number of hydrogen-bond donors (Lipinski definition) is 2. The second kappa shape index (κ2) is 7.67. The molecule has 3 nitrogen and oxygen atoms in total. The largest absolute Gasteiger partial charge is 1.00 e. The molecule has 1 heterocycles. The lowest BCUT2D eigenvalue weighted by Gasteiger charge is -2.24. The maximum absolute atomic E-state index is 11.3. The maximum Gasteiger partial charge on any atom is 0.201 e. The molecule has 1 aromatic carbocycles. The summed E-state index contributed by atoms with van der Waals surface area (Å²) in [5.41, 5.74) is 5.24. The molecule has 0 amide bonds. The highest BCUT2D eigenvalue weighted by Crippen LogP contribution is 1.97. The Morgan fingerprint density at radius 2 is 1.88 bits per heavy atom. The molecule has 0 spiro atoms. The van der Waals surface area contributed by atoms with E-state index >= 15 is 0 Å². The molecule has 0 aliphatic carbocycles. The number of piperidine rings is 1. The number of halogens is 2. The van der Waals surface area contributed by atoms with E-state index in [0.717, 1.165) is 19.6 Å². The van der Waals surface area contributed by atoms with Crippen LogP contribution in [0.3, 0.4) is 0 Å². The average molecular weight is 277 g/mol. The van der Waals surface area contributed by atoms with Crippen molar-refractivity contribution in [3.05, 3.63) is 35.9 Å². The van der Waals surface area contributed by atoms with Crippen molar-refractivity contribution in [3.63, 3.8) is 0 Å².